The molecule has 0 spiro atoms. The third-order valence-corrected chi connectivity index (χ3v) is 7.53. The van der Waals surface area contributed by atoms with Crippen molar-refractivity contribution in [2.45, 2.75) is 70.9 Å². The first kappa shape index (κ1) is 19.5. The minimum absolute atomic E-state index is 0.0277. The number of piperidine rings is 1. The number of rotatable bonds is 5. The fraction of sp³-hybridized carbons (Fsp3) is 0.560. The Morgan fingerprint density at radius 3 is 2.70 bits per heavy atom. The number of carbonyl (C=O) groups excluding carboxylic acids is 1. The van der Waals surface area contributed by atoms with Crippen LogP contribution in [0, 0.1) is 18.8 Å². The van der Waals surface area contributed by atoms with E-state index in [1.54, 1.807) is 12.3 Å². The van der Waals surface area contributed by atoms with Crippen LogP contribution in [-0.4, -0.2) is 32.9 Å². The molecule has 5 nitrogen and oxygen atoms in total. The van der Waals surface area contributed by atoms with Gasteiger partial charge in [-0.15, -0.1) is 0 Å². The van der Waals surface area contributed by atoms with Crippen LogP contribution in [-0.2, 0) is 13.0 Å². The molecule has 1 amide bonds. The highest BCUT2D eigenvalue weighted by Crippen LogP contribution is 2.38. The predicted octanol–water partition coefficient (Wildman–Crippen LogP) is 3.96. The third kappa shape index (κ3) is 3.59. The standard InChI is InChI=1S/C25H31N3O2/c1-17-11-23(29)24(25(30)28-15-19-8-9-21(28)12-19)22(13-18-5-2-3-6-18)27(17)16-20-7-4-10-26-14-20/h4,7,10-11,14,18-19,21H,2-3,5-6,8-9,12-13,15-16H2,1H3/t19-,21-/m1/s1. The van der Waals surface area contributed by atoms with Gasteiger partial charge >= 0.3 is 0 Å². The van der Waals surface area contributed by atoms with Crippen LogP contribution in [0.15, 0.2) is 35.4 Å². The Labute approximate surface area is 178 Å². The highest BCUT2D eigenvalue weighted by molar-refractivity contribution is 5.95. The van der Waals surface area contributed by atoms with Gasteiger partial charge in [-0.1, -0.05) is 31.7 Å². The van der Waals surface area contributed by atoms with Gasteiger partial charge in [0, 0.05) is 49.0 Å². The van der Waals surface area contributed by atoms with E-state index in [1.807, 2.05) is 24.1 Å². The highest BCUT2D eigenvalue weighted by atomic mass is 16.2. The van der Waals surface area contributed by atoms with Crippen molar-refractivity contribution in [2.24, 2.45) is 11.8 Å². The average molecular weight is 406 g/mol. The van der Waals surface area contributed by atoms with Crippen molar-refractivity contribution >= 4 is 5.91 Å². The minimum Gasteiger partial charge on any atom is -0.343 e. The largest absolute Gasteiger partial charge is 0.343 e. The normalized spacial score (nSPS) is 23.4. The molecule has 5 rings (SSSR count). The average Bonchev–Trinajstić information content (AvgIpc) is 3.50. The molecule has 5 heteroatoms. The Hall–Kier alpha value is -2.43. The summed E-state index contributed by atoms with van der Waals surface area (Å²) in [5.41, 5.74) is 3.30. The lowest BCUT2D eigenvalue weighted by molar-refractivity contribution is 0.0699. The summed E-state index contributed by atoms with van der Waals surface area (Å²) in [5, 5.41) is 0. The van der Waals surface area contributed by atoms with Crippen LogP contribution in [0.25, 0.3) is 0 Å². The number of amides is 1. The number of hydrogen-bond donors (Lipinski definition) is 0. The number of pyridine rings is 2. The molecule has 2 aromatic rings. The second-order valence-corrected chi connectivity index (χ2v) is 9.56. The molecule has 3 heterocycles. The summed E-state index contributed by atoms with van der Waals surface area (Å²) in [7, 11) is 0. The molecule has 3 aliphatic rings. The van der Waals surface area contributed by atoms with E-state index in [0.29, 0.717) is 30.0 Å². The molecule has 2 saturated carbocycles. The number of carbonyl (C=O) groups is 1. The lowest BCUT2D eigenvalue weighted by atomic mass is 9.96. The monoisotopic (exact) mass is 405 g/mol. The van der Waals surface area contributed by atoms with E-state index in [1.165, 1.54) is 32.1 Å². The molecule has 30 heavy (non-hydrogen) atoms. The maximum Gasteiger partial charge on any atom is 0.259 e. The van der Waals surface area contributed by atoms with Crippen molar-refractivity contribution in [3.63, 3.8) is 0 Å². The summed E-state index contributed by atoms with van der Waals surface area (Å²) < 4.78 is 2.21. The zero-order valence-corrected chi connectivity index (χ0v) is 17.8. The zero-order chi connectivity index (χ0) is 20.7. The Bertz CT molecular complexity index is 991. The number of fused-ring (bicyclic) bond motifs is 2. The molecule has 1 saturated heterocycles. The molecule has 0 N–H and O–H groups in total. The molecular weight excluding hydrogens is 374 g/mol. The molecule has 0 radical (unpaired) electrons. The van der Waals surface area contributed by atoms with Crippen LogP contribution >= 0.6 is 0 Å². The number of likely N-dealkylation sites (tertiary alicyclic amines) is 1. The van der Waals surface area contributed by atoms with Crippen molar-refractivity contribution in [1.29, 1.82) is 0 Å². The SMILES string of the molecule is Cc1cc(=O)c(C(=O)N2C[C@@H]3CC[C@@H]2C3)c(CC2CCCC2)n1Cc1cccnc1. The molecule has 2 aromatic heterocycles. The van der Waals surface area contributed by atoms with E-state index in [9.17, 15) is 9.59 Å². The summed E-state index contributed by atoms with van der Waals surface area (Å²) in [6, 6.07) is 5.99. The summed E-state index contributed by atoms with van der Waals surface area (Å²) in [5.74, 6) is 1.16. The van der Waals surface area contributed by atoms with Gasteiger partial charge in [0.05, 0.1) is 0 Å². The van der Waals surface area contributed by atoms with Gasteiger partial charge in [-0.25, -0.2) is 0 Å². The van der Waals surface area contributed by atoms with Crippen molar-refractivity contribution < 1.29 is 4.79 Å². The highest BCUT2D eigenvalue weighted by Gasteiger charge is 2.41. The van der Waals surface area contributed by atoms with Crippen LogP contribution in [0.1, 0.15) is 72.3 Å². The zero-order valence-electron chi connectivity index (χ0n) is 17.8. The lowest BCUT2D eigenvalue weighted by Gasteiger charge is -2.29. The number of aryl methyl sites for hydroxylation is 1. The van der Waals surface area contributed by atoms with Gasteiger partial charge < -0.3 is 9.47 Å². The maximum atomic E-state index is 13.7. The van der Waals surface area contributed by atoms with Crippen LogP contribution < -0.4 is 5.43 Å². The Kier molecular flexibility index (Phi) is 5.21. The van der Waals surface area contributed by atoms with Crippen molar-refractivity contribution in [3.8, 4) is 0 Å². The molecule has 3 fully saturated rings. The summed E-state index contributed by atoms with van der Waals surface area (Å²) in [6.07, 6.45) is 12.8. The second-order valence-electron chi connectivity index (χ2n) is 9.56. The van der Waals surface area contributed by atoms with Crippen molar-refractivity contribution in [1.82, 2.24) is 14.5 Å². The molecule has 2 atom stereocenters. The second kappa shape index (κ2) is 8.01. The Balaban J connectivity index is 1.58. The smallest absolute Gasteiger partial charge is 0.259 e. The first-order chi connectivity index (χ1) is 14.6. The summed E-state index contributed by atoms with van der Waals surface area (Å²) in [4.78, 5) is 33.1. The van der Waals surface area contributed by atoms with Crippen molar-refractivity contribution in [2.75, 3.05) is 6.54 Å². The molecule has 1 aliphatic heterocycles. The first-order valence-corrected chi connectivity index (χ1v) is 11.5. The van der Waals surface area contributed by atoms with Gasteiger partial charge in [-0.05, 0) is 56.1 Å². The first-order valence-electron chi connectivity index (χ1n) is 11.5. The molecule has 158 valence electrons. The van der Waals surface area contributed by atoms with E-state index in [4.69, 9.17) is 0 Å². The summed E-state index contributed by atoms with van der Waals surface area (Å²) >= 11 is 0. The third-order valence-electron chi connectivity index (χ3n) is 7.53. The van der Waals surface area contributed by atoms with E-state index in [-0.39, 0.29) is 11.3 Å². The molecular formula is C25H31N3O2. The van der Waals surface area contributed by atoms with E-state index in [0.717, 1.165) is 42.8 Å². The molecule has 0 unspecified atom stereocenters. The quantitative estimate of drug-likeness (QED) is 0.757. The lowest BCUT2D eigenvalue weighted by Crippen LogP contribution is -2.41. The van der Waals surface area contributed by atoms with Crippen LogP contribution in [0.2, 0.25) is 0 Å². The van der Waals surface area contributed by atoms with Gasteiger partial charge in [-0.2, -0.15) is 0 Å². The van der Waals surface area contributed by atoms with Gasteiger partial charge in [0.2, 0.25) is 0 Å². The van der Waals surface area contributed by atoms with Crippen LogP contribution in [0.5, 0.6) is 0 Å². The summed E-state index contributed by atoms with van der Waals surface area (Å²) in [6.45, 7) is 3.46. The van der Waals surface area contributed by atoms with Gasteiger partial charge in [-0.3, -0.25) is 14.6 Å². The number of hydrogen-bond acceptors (Lipinski definition) is 3. The number of nitrogens with zero attached hydrogens (tertiary/aromatic N) is 3. The number of aromatic nitrogens is 2. The van der Waals surface area contributed by atoms with Crippen LogP contribution in [0.4, 0.5) is 0 Å². The fourth-order valence-corrected chi connectivity index (χ4v) is 5.97. The molecule has 2 aliphatic carbocycles. The van der Waals surface area contributed by atoms with E-state index >= 15 is 0 Å². The molecule has 2 bridgehead atoms. The maximum absolute atomic E-state index is 13.7. The van der Waals surface area contributed by atoms with E-state index in [2.05, 4.69) is 15.6 Å². The van der Waals surface area contributed by atoms with Crippen molar-refractivity contribution in [3.05, 3.63) is 63.3 Å². The Morgan fingerprint density at radius 1 is 1.20 bits per heavy atom. The van der Waals surface area contributed by atoms with Crippen LogP contribution in [0.3, 0.4) is 0 Å². The van der Waals surface area contributed by atoms with Gasteiger partial charge in [0.1, 0.15) is 5.56 Å². The van der Waals surface area contributed by atoms with Gasteiger partial charge in [0.25, 0.3) is 5.91 Å². The Morgan fingerprint density at radius 2 is 2.03 bits per heavy atom. The topological polar surface area (TPSA) is 55.2 Å². The minimum atomic E-state index is -0.101. The predicted molar refractivity (Wildman–Crippen MR) is 117 cm³/mol. The molecule has 0 aromatic carbocycles. The fourth-order valence-electron chi connectivity index (χ4n) is 5.97. The van der Waals surface area contributed by atoms with Gasteiger partial charge in [0.15, 0.2) is 5.43 Å². The van der Waals surface area contributed by atoms with E-state index < -0.39 is 0 Å².